The van der Waals surface area contributed by atoms with Crippen LogP contribution in [0.2, 0.25) is 0 Å². The first-order valence-electron chi connectivity index (χ1n) is 4.59. The van der Waals surface area contributed by atoms with Gasteiger partial charge in [0.1, 0.15) is 0 Å². The first-order chi connectivity index (χ1) is 7.59. The Hall–Kier alpha value is -1.47. The third kappa shape index (κ3) is 1.91. The molecule has 0 aliphatic rings. The zero-order chi connectivity index (χ0) is 11.7. The first-order valence-corrected chi connectivity index (χ1v) is 5.87. The second-order valence-electron chi connectivity index (χ2n) is 3.24. The molecule has 0 radical (unpaired) electrons. The van der Waals surface area contributed by atoms with E-state index < -0.39 is 0 Å². The number of fused-ring (bicyclic) bond motifs is 1. The summed E-state index contributed by atoms with van der Waals surface area (Å²) < 4.78 is 1.98. The summed E-state index contributed by atoms with van der Waals surface area (Å²) in [6.07, 6.45) is 3.67. The molecule has 0 atom stereocenters. The zero-order valence-electron chi connectivity index (χ0n) is 8.91. The van der Waals surface area contributed by atoms with Crippen LogP contribution in [0, 0.1) is 6.92 Å². The number of thiazole rings is 1. The fraction of sp³-hybridized carbons (Fsp3) is 0.222. The molecule has 5 nitrogen and oxygen atoms in total. The van der Waals surface area contributed by atoms with Gasteiger partial charge < -0.3 is 5.73 Å². The molecule has 2 aromatic rings. The fourth-order valence-corrected chi connectivity index (χ4v) is 2.08. The number of hydrazone groups is 1. The van der Waals surface area contributed by atoms with E-state index in [2.05, 4.69) is 10.1 Å². The normalized spacial score (nSPS) is 11.4. The molecule has 0 aliphatic carbocycles. The van der Waals surface area contributed by atoms with E-state index in [-0.39, 0.29) is 5.11 Å². The molecule has 0 unspecified atom stereocenters. The molecule has 0 saturated carbocycles. The number of aromatic nitrogens is 2. The number of thiocarbonyl (C=S) groups is 1. The average Bonchev–Trinajstić information content (AvgIpc) is 2.75. The van der Waals surface area contributed by atoms with Crippen LogP contribution in [-0.2, 0) is 0 Å². The maximum absolute atomic E-state index is 5.43. The third-order valence-electron chi connectivity index (χ3n) is 2.16. The second kappa shape index (κ2) is 4.18. The van der Waals surface area contributed by atoms with Crippen molar-refractivity contribution in [2.24, 2.45) is 10.8 Å². The standard InChI is InChI=1S/C9H11N5S2/c1-6-7(5-11-13(2)8(10)15)14-3-4-16-9(14)12-6/h3-5H,1-2H3,(H2,10,15). The number of hydrogen-bond acceptors (Lipinski definition) is 4. The third-order valence-corrected chi connectivity index (χ3v) is 3.18. The minimum Gasteiger partial charge on any atom is -0.375 e. The Morgan fingerprint density at radius 2 is 2.50 bits per heavy atom. The summed E-state index contributed by atoms with van der Waals surface area (Å²) in [5.74, 6) is 0. The van der Waals surface area contributed by atoms with Crippen LogP contribution in [-0.4, -0.2) is 32.8 Å². The van der Waals surface area contributed by atoms with E-state index in [1.165, 1.54) is 5.01 Å². The molecule has 0 fully saturated rings. The highest BCUT2D eigenvalue weighted by atomic mass is 32.1. The van der Waals surface area contributed by atoms with Crippen LogP contribution in [0.3, 0.4) is 0 Å². The number of nitrogens with two attached hydrogens (primary N) is 1. The Morgan fingerprint density at radius 1 is 1.75 bits per heavy atom. The SMILES string of the molecule is Cc1nc2sccn2c1C=NN(C)C(N)=S. The van der Waals surface area contributed by atoms with Gasteiger partial charge in [0, 0.05) is 18.6 Å². The molecule has 0 aliphatic heterocycles. The Balaban J connectivity index is 2.36. The molecule has 16 heavy (non-hydrogen) atoms. The molecule has 2 rings (SSSR count). The summed E-state index contributed by atoms with van der Waals surface area (Å²) >= 11 is 6.38. The van der Waals surface area contributed by atoms with Crippen LogP contribution in [0.5, 0.6) is 0 Å². The molecule has 0 amide bonds. The Labute approximate surface area is 102 Å². The predicted octanol–water partition coefficient (Wildman–Crippen LogP) is 1.21. The van der Waals surface area contributed by atoms with E-state index in [1.807, 2.05) is 22.9 Å². The molecule has 7 heteroatoms. The average molecular weight is 253 g/mol. The summed E-state index contributed by atoms with van der Waals surface area (Å²) in [6, 6.07) is 0. The Bertz CT molecular complexity index is 553. The van der Waals surface area contributed by atoms with E-state index in [0.717, 1.165) is 16.3 Å². The van der Waals surface area contributed by atoms with Gasteiger partial charge in [0.2, 0.25) is 0 Å². The van der Waals surface area contributed by atoms with Crippen molar-refractivity contribution in [2.75, 3.05) is 7.05 Å². The van der Waals surface area contributed by atoms with Crippen molar-refractivity contribution >= 4 is 39.8 Å². The van der Waals surface area contributed by atoms with Crippen LogP contribution in [0.4, 0.5) is 0 Å². The Kier molecular flexibility index (Phi) is 2.88. The topological polar surface area (TPSA) is 58.9 Å². The lowest BCUT2D eigenvalue weighted by molar-refractivity contribution is 0.552. The van der Waals surface area contributed by atoms with Gasteiger partial charge in [-0.3, -0.25) is 4.40 Å². The highest BCUT2D eigenvalue weighted by Crippen LogP contribution is 2.15. The van der Waals surface area contributed by atoms with Gasteiger partial charge in [-0.05, 0) is 19.1 Å². The lowest BCUT2D eigenvalue weighted by Crippen LogP contribution is -2.27. The van der Waals surface area contributed by atoms with Crippen LogP contribution >= 0.6 is 23.6 Å². The van der Waals surface area contributed by atoms with Crippen molar-refractivity contribution < 1.29 is 0 Å². The van der Waals surface area contributed by atoms with E-state index in [1.54, 1.807) is 24.6 Å². The largest absolute Gasteiger partial charge is 0.375 e. The zero-order valence-corrected chi connectivity index (χ0v) is 10.5. The number of nitrogens with zero attached hydrogens (tertiary/aromatic N) is 4. The molecule has 2 N–H and O–H groups in total. The van der Waals surface area contributed by atoms with Gasteiger partial charge in [-0.15, -0.1) is 11.3 Å². The smallest absolute Gasteiger partial charge is 0.194 e. The highest BCUT2D eigenvalue weighted by Gasteiger charge is 2.07. The van der Waals surface area contributed by atoms with Gasteiger partial charge in [-0.25, -0.2) is 9.99 Å². The number of hydrogen-bond donors (Lipinski definition) is 1. The summed E-state index contributed by atoms with van der Waals surface area (Å²) in [7, 11) is 1.71. The van der Waals surface area contributed by atoms with Gasteiger partial charge in [0.25, 0.3) is 0 Å². The molecular weight excluding hydrogens is 242 g/mol. The van der Waals surface area contributed by atoms with Crippen LogP contribution in [0.25, 0.3) is 4.96 Å². The van der Waals surface area contributed by atoms with Crippen LogP contribution < -0.4 is 5.73 Å². The van der Waals surface area contributed by atoms with Crippen molar-refractivity contribution in [3.05, 3.63) is 23.0 Å². The maximum Gasteiger partial charge on any atom is 0.194 e. The lowest BCUT2D eigenvalue weighted by Gasteiger charge is -2.08. The van der Waals surface area contributed by atoms with Gasteiger partial charge in [-0.2, -0.15) is 5.10 Å². The molecule has 84 valence electrons. The Morgan fingerprint density at radius 3 is 3.19 bits per heavy atom. The van der Waals surface area contributed by atoms with Crippen molar-refractivity contribution in [1.82, 2.24) is 14.4 Å². The number of imidazole rings is 1. The van der Waals surface area contributed by atoms with Gasteiger partial charge >= 0.3 is 0 Å². The summed E-state index contributed by atoms with van der Waals surface area (Å²) in [5.41, 5.74) is 7.31. The molecule has 0 saturated heterocycles. The molecule has 0 bridgehead atoms. The molecule has 2 aromatic heterocycles. The first kappa shape index (κ1) is 11.0. The minimum atomic E-state index is 0.236. The van der Waals surface area contributed by atoms with Crippen molar-refractivity contribution in [2.45, 2.75) is 6.92 Å². The van der Waals surface area contributed by atoms with E-state index in [0.29, 0.717) is 0 Å². The second-order valence-corrected chi connectivity index (χ2v) is 4.54. The summed E-state index contributed by atoms with van der Waals surface area (Å²) in [5, 5.41) is 7.81. The number of aryl methyl sites for hydroxylation is 1. The van der Waals surface area contributed by atoms with E-state index in [9.17, 15) is 0 Å². The fourth-order valence-electron chi connectivity index (χ4n) is 1.27. The van der Waals surface area contributed by atoms with Crippen molar-refractivity contribution in [3.8, 4) is 0 Å². The van der Waals surface area contributed by atoms with Crippen LogP contribution in [0.15, 0.2) is 16.7 Å². The molecular formula is C9H11N5S2. The van der Waals surface area contributed by atoms with E-state index in [4.69, 9.17) is 18.0 Å². The van der Waals surface area contributed by atoms with Gasteiger partial charge in [-0.1, -0.05) is 0 Å². The molecule has 2 heterocycles. The van der Waals surface area contributed by atoms with Gasteiger partial charge in [0.15, 0.2) is 10.1 Å². The van der Waals surface area contributed by atoms with Crippen molar-refractivity contribution in [1.29, 1.82) is 0 Å². The maximum atomic E-state index is 5.43. The lowest BCUT2D eigenvalue weighted by atomic mass is 10.4. The monoisotopic (exact) mass is 253 g/mol. The minimum absolute atomic E-state index is 0.236. The number of rotatable bonds is 2. The molecule has 0 spiro atoms. The van der Waals surface area contributed by atoms with E-state index >= 15 is 0 Å². The predicted molar refractivity (Wildman–Crippen MR) is 69.9 cm³/mol. The quantitative estimate of drug-likeness (QED) is 0.496. The van der Waals surface area contributed by atoms with Crippen molar-refractivity contribution in [3.63, 3.8) is 0 Å². The summed E-state index contributed by atoms with van der Waals surface area (Å²) in [4.78, 5) is 5.36. The van der Waals surface area contributed by atoms with Gasteiger partial charge in [0.05, 0.1) is 17.6 Å². The molecule has 0 aromatic carbocycles. The van der Waals surface area contributed by atoms with Crippen LogP contribution in [0.1, 0.15) is 11.4 Å². The summed E-state index contributed by atoms with van der Waals surface area (Å²) in [6.45, 7) is 1.95. The highest BCUT2D eigenvalue weighted by molar-refractivity contribution is 7.80.